The molecule has 1 N–H and O–H groups in total. The minimum Gasteiger partial charge on any atom is -0.365 e. The SMILES string of the molecule is O=C(COCc1cc(-c2ccc(F)cc2)on1)Nc1cc(-c2ccccc2Cl)no1. The molecule has 4 rings (SSSR count). The van der Waals surface area contributed by atoms with Gasteiger partial charge in [-0.3, -0.25) is 10.1 Å². The molecule has 30 heavy (non-hydrogen) atoms. The Hall–Kier alpha value is -3.49. The molecule has 2 heterocycles. The van der Waals surface area contributed by atoms with Gasteiger partial charge in [0.25, 0.3) is 5.91 Å². The van der Waals surface area contributed by atoms with Crippen molar-refractivity contribution in [3.8, 4) is 22.6 Å². The molecular formula is C21H15ClFN3O4. The Bertz CT molecular complexity index is 1160. The highest BCUT2D eigenvalue weighted by molar-refractivity contribution is 6.33. The summed E-state index contributed by atoms with van der Waals surface area (Å²) < 4.78 is 28.7. The summed E-state index contributed by atoms with van der Waals surface area (Å²) in [6, 6.07) is 16.2. The molecule has 0 spiro atoms. The fourth-order valence-electron chi connectivity index (χ4n) is 2.68. The Kier molecular flexibility index (Phi) is 5.87. The van der Waals surface area contributed by atoms with Crippen molar-refractivity contribution < 1.29 is 23.0 Å². The van der Waals surface area contributed by atoms with Gasteiger partial charge >= 0.3 is 0 Å². The normalized spacial score (nSPS) is 10.9. The highest BCUT2D eigenvalue weighted by atomic mass is 35.5. The number of ether oxygens (including phenoxy) is 1. The first-order valence-corrected chi connectivity index (χ1v) is 9.27. The first-order valence-electron chi connectivity index (χ1n) is 8.89. The molecule has 7 nitrogen and oxygen atoms in total. The number of aromatic nitrogens is 2. The van der Waals surface area contributed by atoms with Crippen LogP contribution in [0.15, 0.2) is 69.7 Å². The lowest BCUT2D eigenvalue weighted by atomic mass is 10.1. The van der Waals surface area contributed by atoms with Crippen LogP contribution < -0.4 is 5.32 Å². The van der Waals surface area contributed by atoms with E-state index in [9.17, 15) is 9.18 Å². The summed E-state index contributed by atoms with van der Waals surface area (Å²) in [6.07, 6.45) is 0. The lowest BCUT2D eigenvalue weighted by Crippen LogP contribution is -2.17. The molecule has 0 aliphatic rings. The third-order valence-corrected chi connectivity index (χ3v) is 4.42. The maximum absolute atomic E-state index is 13.0. The van der Waals surface area contributed by atoms with Gasteiger partial charge < -0.3 is 13.8 Å². The van der Waals surface area contributed by atoms with Gasteiger partial charge in [-0.2, -0.15) is 0 Å². The molecular weight excluding hydrogens is 413 g/mol. The van der Waals surface area contributed by atoms with E-state index in [0.29, 0.717) is 33.3 Å². The van der Waals surface area contributed by atoms with Gasteiger partial charge in [-0.1, -0.05) is 40.1 Å². The number of hydrogen-bond acceptors (Lipinski definition) is 6. The highest BCUT2D eigenvalue weighted by Crippen LogP contribution is 2.28. The van der Waals surface area contributed by atoms with Gasteiger partial charge in [-0.05, 0) is 30.3 Å². The van der Waals surface area contributed by atoms with E-state index in [1.807, 2.05) is 12.1 Å². The molecule has 1 amide bonds. The van der Waals surface area contributed by atoms with E-state index in [0.717, 1.165) is 0 Å². The Morgan fingerprint density at radius 2 is 1.87 bits per heavy atom. The first kappa shape index (κ1) is 19.8. The lowest BCUT2D eigenvalue weighted by Gasteiger charge is -2.01. The molecule has 0 aliphatic carbocycles. The average molecular weight is 428 g/mol. The molecule has 2 aromatic heterocycles. The van der Waals surface area contributed by atoms with Crippen molar-refractivity contribution in [3.05, 3.63) is 77.2 Å². The summed E-state index contributed by atoms with van der Waals surface area (Å²) in [5.74, 6) is -0.0944. The predicted octanol–water partition coefficient (Wildman–Crippen LogP) is 4.94. The number of halogens is 2. The zero-order chi connectivity index (χ0) is 20.9. The van der Waals surface area contributed by atoms with Gasteiger partial charge in [0, 0.05) is 23.3 Å². The second kappa shape index (κ2) is 8.89. The topological polar surface area (TPSA) is 90.4 Å². The Morgan fingerprint density at radius 1 is 1.07 bits per heavy atom. The zero-order valence-corrected chi connectivity index (χ0v) is 16.2. The standard InChI is InChI=1S/C21H15ClFN3O4/c22-17-4-2-1-3-16(17)18-10-21(30-26-18)24-20(27)12-28-11-15-9-19(29-25-15)13-5-7-14(23)8-6-13/h1-10H,11-12H2,(H,24,27). The predicted molar refractivity (Wildman–Crippen MR) is 107 cm³/mol. The molecule has 0 saturated carbocycles. The Balaban J connectivity index is 1.28. The third kappa shape index (κ3) is 4.73. The number of hydrogen-bond donors (Lipinski definition) is 1. The second-order valence-corrected chi connectivity index (χ2v) is 6.69. The van der Waals surface area contributed by atoms with E-state index in [-0.39, 0.29) is 24.9 Å². The molecule has 4 aromatic rings. The van der Waals surface area contributed by atoms with Crippen LogP contribution in [0.25, 0.3) is 22.6 Å². The van der Waals surface area contributed by atoms with Crippen LogP contribution in [0.5, 0.6) is 0 Å². The fraction of sp³-hybridized carbons (Fsp3) is 0.0952. The molecule has 0 fully saturated rings. The van der Waals surface area contributed by atoms with E-state index in [1.54, 1.807) is 36.4 Å². The lowest BCUT2D eigenvalue weighted by molar-refractivity contribution is -0.121. The maximum atomic E-state index is 13.0. The summed E-state index contributed by atoms with van der Waals surface area (Å²) in [4.78, 5) is 12.0. The van der Waals surface area contributed by atoms with Crippen LogP contribution in [-0.4, -0.2) is 22.8 Å². The molecule has 2 aromatic carbocycles. The van der Waals surface area contributed by atoms with E-state index >= 15 is 0 Å². The number of benzene rings is 2. The van der Waals surface area contributed by atoms with E-state index in [2.05, 4.69) is 15.6 Å². The number of carbonyl (C=O) groups is 1. The summed E-state index contributed by atoms with van der Waals surface area (Å²) in [5.41, 5.74) is 2.39. The number of nitrogens with zero attached hydrogens (tertiary/aromatic N) is 2. The summed E-state index contributed by atoms with van der Waals surface area (Å²) in [7, 11) is 0. The average Bonchev–Trinajstić information content (AvgIpc) is 3.39. The van der Waals surface area contributed by atoms with E-state index in [4.69, 9.17) is 25.4 Å². The van der Waals surface area contributed by atoms with Crippen molar-refractivity contribution in [2.75, 3.05) is 11.9 Å². The van der Waals surface area contributed by atoms with E-state index in [1.165, 1.54) is 12.1 Å². The maximum Gasteiger partial charge on any atom is 0.252 e. The summed E-state index contributed by atoms with van der Waals surface area (Å²) in [6.45, 7) is -0.153. The fourth-order valence-corrected chi connectivity index (χ4v) is 2.91. The van der Waals surface area contributed by atoms with Gasteiger partial charge in [-0.15, -0.1) is 0 Å². The number of amides is 1. The van der Waals surface area contributed by atoms with Gasteiger partial charge in [0.2, 0.25) is 5.88 Å². The van der Waals surface area contributed by atoms with E-state index < -0.39 is 5.91 Å². The third-order valence-electron chi connectivity index (χ3n) is 4.09. The number of nitrogens with one attached hydrogen (secondary N) is 1. The molecule has 0 atom stereocenters. The Morgan fingerprint density at radius 3 is 2.67 bits per heavy atom. The molecule has 0 bridgehead atoms. The van der Waals surface area contributed by atoms with Crippen molar-refractivity contribution in [1.82, 2.24) is 10.3 Å². The number of carbonyl (C=O) groups excluding carboxylic acids is 1. The van der Waals surface area contributed by atoms with Crippen LogP contribution in [0.2, 0.25) is 5.02 Å². The monoisotopic (exact) mass is 427 g/mol. The summed E-state index contributed by atoms with van der Waals surface area (Å²) >= 11 is 6.13. The largest absolute Gasteiger partial charge is 0.365 e. The minimum atomic E-state index is -0.417. The van der Waals surface area contributed by atoms with Crippen LogP contribution in [0.4, 0.5) is 10.3 Å². The quantitative estimate of drug-likeness (QED) is 0.449. The van der Waals surface area contributed by atoms with Crippen molar-refractivity contribution in [2.45, 2.75) is 6.61 Å². The summed E-state index contributed by atoms with van der Waals surface area (Å²) in [5, 5.41) is 10.9. The van der Waals surface area contributed by atoms with Gasteiger partial charge in [-0.25, -0.2) is 4.39 Å². The van der Waals surface area contributed by atoms with Crippen molar-refractivity contribution in [2.24, 2.45) is 0 Å². The van der Waals surface area contributed by atoms with Crippen LogP contribution >= 0.6 is 11.6 Å². The van der Waals surface area contributed by atoms with Crippen LogP contribution in [0.1, 0.15) is 5.69 Å². The smallest absolute Gasteiger partial charge is 0.252 e. The molecule has 0 unspecified atom stereocenters. The van der Waals surface area contributed by atoms with Gasteiger partial charge in [0.05, 0.1) is 11.6 Å². The minimum absolute atomic E-state index is 0.0688. The van der Waals surface area contributed by atoms with Crippen LogP contribution in [0.3, 0.4) is 0 Å². The number of rotatable bonds is 7. The molecule has 0 aliphatic heterocycles. The van der Waals surface area contributed by atoms with Gasteiger partial charge in [0.15, 0.2) is 5.76 Å². The zero-order valence-electron chi connectivity index (χ0n) is 15.5. The number of anilines is 1. The van der Waals surface area contributed by atoms with Gasteiger partial charge in [0.1, 0.15) is 23.8 Å². The molecule has 152 valence electrons. The first-order chi connectivity index (χ1) is 14.6. The highest BCUT2D eigenvalue weighted by Gasteiger charge is 2.13. The van der Waals surface area contributed by atoms with Crippen molar-refractivity contribution >= 4 is 23.4 Å². The van der Waals surface area contributed by atoms with Crippen molar-refractivity contribution in [3.63, 3.8) is 0 Å². The van der Waals surface area contributed by atoms with Crippen molar-refractivity contribution in [1.29, 1.82) is 0 Å². The van der Waals surface area contributed by atoms with Crippen LogP contribution in [-0.2, 0) is 16.1 Å². The Labute approximate surface area is 175 Å². The second-order valence-electron chi connectivity index (χ2n) is 6.29. The molecule has 0 radical (unpaired) electrons. The molecule has 9 heteroatoms. The van der Waals surface area contributed by atoms with Crippen LogP contribution in [0, 0.1) is 5.82 Å². The molecule has 0 saturated heterocycles.